The van der Waals surface area contributed by atoms with Crippen molar-refractivity contribution in [3.63, 3.8) is 0 Å². The highest BCUT2D eigenvalue weighted by Gasteiger charge is 2.26. The summed E-state index contributed by atoms with van der Waals surface area (Å²) in [6.07, 6.45) is 5.04. The van der Waals surface area contributed by atoms with Crippen LogP contribution in [-0.4, -0.2) is 79.4 Å². The van der Waals surface area contributed by atoms with Crippen molar-refractivity contribution >= 4 is 11.8 Å². The highest BCUT2D eigenvalue weighted by molar-refractivity contribution is 5.78. The van der Waals surface area contributed by atoms with Crippen LogP contribution in [0, 0.1) is 18.8 Å². The molecule has 6 nitrogen and oxygen atoms in total. The first-order valence-electron chi connectivity index (χ1n) is 11.4. The van der Waals surface area contributed by atoms with Gasteiger partial charge in [0.15, 0.2) is 0 Å². The molecule has 2 aliphatic rings. The van der Waals surface area contributed by atoms with Crippen molar-refractivity contribution < 1.29 is 9.59 Å². The number of primary amides is 1. The maximum atomic E-state index is 12.7. The zero-order valence-electron chi connectivity index (χ0n) is 18.7. The molecule has 0 aromatic heterocycles. The minimum absolute atomic E-state index is 0.0259. The largest absolute Gasteiger partial charge is 0.369 e. The number of carbonyl (C=O) groups excluding carboxylic acids is 2. The molecular weight excluding hydrogens is 376 g/mol. The Morgan fingerprint density at radius 1 is 1.10 bits per heavy atom. The lowest BCUT2D eigenvalue weighted by Crippen LogP contribution is -2.46. The van der Waals surface area contributed by atoms with Crippen molar-refractivity contribution in [1.82, 2.24) is 14.7 Å². The summed E-state index contributed by atoms with van der Waals surface area (Å²) in [5.74, 6) is 0.499. The van der Waals surface area contributed by atoms with E-state index in [2.05, 4.69) is 41.0 Å². The van der Waals surface area contributed by atoms with E-state index in [0.29, 0.717) is 12.5 Å². The second kappa shape index (κ2) is 10.9. The van der Waals surface area contributed by atoms with Crippen molar-refractivity contribution in [1.29, 1.82) is 0 Å². The topological polar surface area (TPSA) is 69.9 Å². The normalized spacial score (nSPS) is 21.5. The number of rotatable bonds is 8. The quantitative estimate of drug-likeness (QED) is 0.705. The zero-order chi connectivity index (χ0) is 21.5. The molecule has 6 heteroatoms. The van der Waals surface area contributed by atoms with E-state index < -0.39 is 0 Å². The molecule has 0 spiro atoms. The maximum Gasteiger partial charge on any atom is 0.236 e. The van der Waals surface area contributed by atoms with Crippen LogP contribution in [0.3, 0.4) is 0 Å². The fourth-order valence-corrected chi connectivity index (χ4v) is 4.85. The van der Waals surface area contributed by atoms with E-state index in [1.165, 1.54) is 24.0 Å². The van der Waals surface area contributed by atoms with E-state index in [1.54, 1.807) is 0 Å². The molecule has 2 amide bonds. The van der Waals surface area contributed by atoms with Crippen molar-refractivity contribution in [3.05, 3.63) is 35.4 Å². The number of hydrogen-bond donors (Lipinski definition) is 1. The standard InChI is InChI=1S/C24H38N4O2/c1-19-6-3-4-8-21(19)9-13-27-12-5-7-20(17-27)16-26(2)23(29)18-28-14-10-22(11-15-28)24(25)30/h3-4,6,8,20,22H,5,7,9-18H2,1-2H3,(H2,25,30). The molecule has 1 aromatic rings. The fourth-order valence-electron chi connectivity index (χ4n) is 4.85. The Hall–Kier alpha value is -1.92. The van der Waals surface area contributed by atoms with Crippen LogP contribution in [0.4, 0.5) is 0 Å². The molecule has 1 aromatic carbocycles. The fraction of sp³-hybridized carbons (Fsp3) is 0.667. The Labute approximate surface area is 181 Å². The van der Waals surface area contributed by atoms with Gasteiger partial charge in [0.25, 0.3) is 0 Å². The van der Waals surface area contributed by atoms with Crippen LogP contribution in [-0.2, 0) is 16.0 Å². The van der Waals surface area contributed by atoms with E-state index in [1.807, 2.05) is 11.9 Å². The van der Waals surface area contributed by atoms with Crippen LogP contribution in [0.5, 0.6) is 0 Å². The number of nitrogens with two attached hydrogens (primary N) is 1. The first-order valence-corrected chi connectivity index (χ1v) is 11.4. The molecule has 2 aliphatic heterocycles. The van der Waals surface area contributed by atoms with Gasteiger partial charge in [-0.25, -0.2) is 0 Å². The predicted molar refractivity (Wildman–Crippen MR) is 120 cm³/mol. The van der Waals surface area contributed by atoms with Gasteiger partial charge < -0.3 is 15.5 Å². The summed E-state index contributed by atoms with van der Waals surface area (Å²) >= 11 is 0. The lowest BCUT2D eigenvalue weighted by atomic mass is 9.96. The number of likely N-dealkylation sites (tertiary alicyclic amines) is 2. The Kier molecular flexibility index (Phi) is 8.28. The van der Waals surface area contributed by atoms with Crippen LogP contribution < -0.4 is 5.73 Å². The van der Waals surface area contributed by atoms with Crippen molar-refractivity contribution in [2.45, 2.75) is 39.0 Å². The summed E-state index contributed by atoms with van der Waals surface area (Å²) in [4.78, 5) is 30.7. The van der Waals surface area contributed by atoms with Gasteiger partial charge >= 0.3 is 0 Å². The first kappa shape index (κ1) is 22.8. The molecule has 1 atom stereocenters. The SMILES string of the molecule is Cc1ccccc1CCN1CCCC(CN(C)C(=O)CN2CCC(C(N)=O)CC2)C1. The molecule has 2 saturated heterocycles. The van der Waals surface area contributed by atoms with E-state index in [0.717, 1.165) is 58.5 Å². The Morgan fingerprint density at radius 3 is 2.53 bits per heavy atom. The average molecular weight is 415 g/mol. The number of amides is 2. The monoisotopic (exact) mass is 414 g/mol. The molecule has 1 unspecified atom stereocenters. The minimum atomic E-state index is -0.206. The van der Waals surface area contributed by atoms with Crippen molar-refractivity contribution in [3.8, 4) is 0 Å². The Balaban J connectivity index is 1.40. The van der Waals surface area contributed by atoms with Crippen molar-refractivity contribution in [2.24, 2.45) is 17.6 Å². The average Bonchev–Trinajstić information content (AvgIpc) is 2.74. The zero-order valence-corrected chi connectivity index (χ0v) is 18.7. The lowest BCUT2D eigenvalue weighted by molar-refractivity contribution is -0.132. The molecule has 0 aliphatic carbocycles. The molecule has 2 heterocycles. The van der Waals surface area contributed by atoms with Crippen LogP contribution in [0.1, 0.15) is 36.8 Å². The summed E-state index contributed by atoms with van der Waals surface area (Å²) in [6.45, 7) is 8.36. The van der Waals surface area contributed by atoms with Gasteiger partial charge in [0.05, 0.1) is 6.54 Å². The third-order valence-corrected chi connectivity index (χ3v) is 6.87. The van der Waals surface area contributed by atoms with Gasteiger partial charge in [-0.2, -0.15) is 0 Å². The van der Waals surface area contributed by atoms with Gasteiger partial charge in [-0.05, 0) is 75.7 Å². The predicted octanol–water partition coefficient (Wildman–Crippen LogP) is 1.91. The molecule has 2 fully saturated rings. The summed E-state index contributed by atoms with van der Waals surface area (Å²) < 4.78 is 0. The van der Waals surface area contributed by atoms with Gasteiger partial charge in [-0.3, -0.25) is 14.5 Å². The van der Waals surface area contributed by atoms with Gasteiger partial charge in [0.2, 0.25) is 11.8 Å². The number of carbonyl (C=O) groups is 2. The molecular formula is C24H38N4O2. The van der Waals surface area contributed by atoms with Gasteiger partial charge in [-0.1, -0.05) is 24.3 Å². The van der Waals surface area contributed by atoms with E-state index in [4.69, 9.17) is 5.73 Å². The number of benzene rings is 1. The summed E-state index contributed by atoms with van der Waals surface area (Å²) in [7, 11) is 1.94. The number of nitrogens with zero attached hydrogens (tertiary/aromatic N) is 3. The van der Waals surface area contributed by atoms with E-state index >= 15 is 0 Å². The summed E-state index contributed by atoms with van der Waals surface area (Å²) in [5, 5.41) is 0. The highest BCUT2D eigenvalue weighted by Crippen LogP contribution is 2.20. The maximum absolute atomic E-state index is 12.7. The van der Waals surface area contributed by atoms with Crippen LogP contribution in [0.2, 0.25) is 0 Å². The van der Waals surface area contributed by atoms with Gasteiger partial charge in [0, 0.05) is 32.6 Å². The Bertz CT molecular complexity index is 715. The molecule has 3 rings (SSSR count). The number of aryl methyl sites for hydroxylation is 1. The summed E-state index contributed by atoms with van der Waals surface area (Å²) in [6, 6.07) is 8.64. The lowest BCUT2D eigenvalue weighted by Gasteiger charge is -2.36. The third-order valence-electron chi connectivity index (χ3n) is 6.87. The molecule has 0 radical (unpaired) electrons. The van der Waals surface area contributed by atoms with Crippen LogP contribution >= 0.6 is 0 Å². The molecule has 30 heavy (non-hydrogen) atoms. The molecule has 2 N–H and O–H groups in total. The van der Waals surface area contributed by atoms with Crippen molar-refractivity contribution in [2.75, 3.05) is 52.9 Å². The number of hydrogen-bond acceptors (Lipinski definition) is 4. The second-order valence-electron chi connectivity index (χ2n) is 9.21. The minimum Gasteiger partial charge on any atom is -0.369 e. The van der Waals surface area contributed by atoms with E-state index in [9.17, 15) is 9.59 Å². The molecule has 166 valence electrons. The molecule has 0 bridgehead atoms. The first-order chi connectivity index (χ1) is 14.4. The van der Waals surface area contributed by atoms with Gasteiger partial charge in [0.1, 0.15) is 0 Å². The summed E-state index contributed by atoms with van der Waals surface area (Å²) in [5.41, 5.74) is 8.21. The highest BCUT2D eigenvalue weighted by atomic mass is 16.2. The smallest absolute Gasteiger partial charge is 0.236 e. The molecule has 0 saturated carbocycles. The number of piperidine rings is 2. The van der Waals surface area contributed by atoms with E-state index in [-0.39, 0.29) is 17.7 Å². The van der Waals surface area contributed by atoms with Gasteiger partial charge in [-0.15, -0.1) is 0 Å². The van der Waals surface area contributed by atoms with Crippen LogP contribution in [0.15, 0.2) is 24.3 Å². The Morgan fingerprint density at radius 2 is 1.83 bits per heavy atom. The number of likely N-dealkylation sites (N-methyl/N-ethyl adjacent to an activating group) is 1. The second-order valence-corrected chi connectivity index (χ2v) is 9.21. The van der Waals surface area contributed by atoms with Crippen LogP contribution in [0.25, 0.3) is 0 Å². The third kappa shape index (κ3) is 6.54.